The molecule has 0 saturated carbocycles. The molecule has 6 heteroatoms. The highest BCUT2D eigenvalue weighted by Crippen LogP contribution is 2.12. The molecule has 2 heterocycles. The second kappa shape index (κ2) is 9.26. The zero-order valence-electron chi connectivity index (χ0n) is 16.1. The van der Waals surface area contributed by atoms with Crippen LogP contribution in [0.1, 0.15) is 45.5 Å². The van der Waals surface area contributed by atoms with Crippen molar-refractivity contribution in [3.8, 4) is 0 Å². The van der Waals surface area contributed by atoms with Crippen molar-refractivity contribution >= 4 is 17.6 Å². The van der Waals surface area contributed by atoms with Gasteiger partial charge in [0.05, 0.1) is 5.56 Å². The number of Topliss-reactive ketones (excluding diaryl/α,β-unsaturated/α-hetero) is 1. The number of carbonyl (C=O) groups is 3. The molecular weight excluding hydrogens is 354 g/mol. The van der Waals surface area contributed by atoms with Crippen LogP contribution >= 0.6 is 0 Å². The van der Waals surface area contributed by atoms with Crippen LogP contribution < -0.4 is 0 Å². The van der Waals surface area contributed by atoms with Crippen LogP contribution in [0.15, 0.2) is 48.8 Å². The molecule has 0 bridgehead atoms. The number of hydrogen-bond acceptors (Lipinski definition) is 4. The van der Waals surface area contributed by atoms with Crippen LogP contribution in [0.2, 0.25) is 0 Å². The first kappa shape index (κ1) is 19.7. The molecule has 0 spiro atoms. The number of hydrogen-bond donors (Lipinski definition) is 0. The Morgan fingerprint density at radius 2 is 1.61 bits per heavy atom. The van der Waals surface area contributed by atoms with Crippen LogP contribution in [-0.4, -0.2) is 58.6 Å². The standard InChI is InChI=1S/C22H25N3O3/c1-17-5-7-18(8-6-17)20(26)9-10-21(27)24-12-3-13-25(15-14-24)22(28)19-4-2-11-23-16-19/h2,4-8,11,16H,3,9-10,12-15H2,1H3. The maximum atomic E-state index is 12.6. The summed E-state index contributed by atoms with van der Waals surface area (Å²) in [7, 11) is 0. The molecule has 3 rings (SSSR count). The van der Waals surface area contributed by atoms with E-state index < -0.39 is 0 Å². The average molecular weight is 379 g/mol. The number of carbonyl (C=O) groups excluding carboxylic acids is 3. The lowest BCUT2D eigenvalue weighted by molar-refractivity contribution is -0.131. The van der Waals surface area contributed by atoms with Crippen LogP contribution in [0.3, 0.4) is 0 Å². The molecule has 28 heavy (non-hydrogen) atoms. The summed E-state index contributed by atoms with van der Waals surface area (Å²) in [5, 5.41) is 0. The van der Waals surface area contributed by atoms with Gasteiger partial charge < -0.3 is 9.80 Å². The van der Waals surface area contributed by atoms with Gasteiger partial charge in [0.25, 0.3) is 5.91 Å². The fraction of sp³-hybridized carbons (Fsp3) is 0.364. The van der Waals surface area contributed by atoms with E-state index in [1.54, 1.807) is 46.5 Å². The Balaban J connectivity index is 1.50. The Labute approximate surface area is 165 Å². The van der Waals surface area contributed by atoms with E-state index in [0.29, 0.717) is 37.3 Å². The van der Waals surface area contributed by atoms with E-state index in [1.807, 2.05) is 19.1 Å². The van der Waals surface area contributed by atoms with E-state index in [1.165, 1.54) is 0 Å². The Morgan fingerprint density at radius 3 is 2.32 bits per heavy atom. The zero-order chi connectivity index (χ0) is 19.9. The van der Waals surface area contributed by atoms with E-state index in [-0.39, 0.29) is 30.4 Å². The third kappa shape index (κ3) is 5.03. The van der Waals surface area contributed by atoms with Crippen molar-refractivity contribution in [1.82, 2.24) is 14.8 Å². The number of amides is 2. The van der Waals surface area contributed by atoms with Crippen molar-refractivity contribution < 1.29 is 14.4 Å². The number of rotatable bonds is 5. The van der Waals surface area contributed by atoms with Crippen molar-refractivity contribution in [3.05, 3.63) is 65.5 Å². The molecule has 0 aliphatic carbocycles. The zero-order valence-corrected chi connectivity index (χ0v) is 16.1. The van der Waals surface area contributed by atoms with Crippen LogP contribution in [0.4, 0.5) is 0 Å². The van der Waals surface area contributed by atoms with Crippen LogP contribution in [0, 0.1) is 6.92 Å². The highest BCUT2D eigenvalue weighted by atomic mass is 16.2. The third-order valence-corrected chi connectivity index (χ3v) is 4.98. The van der Waals surface area contributed by atoms with E-state index in [9.17, 15) is 14.4 Å². The molecule has 1 aliphatic rings. The molecule has 6 nitrogen and oxygen atoms in total. The van der Waals surface area contributed by atoms with Gasteiger partial charge in [0.15, 0.2) is 5.78 Å². The normalized spacial score (nSPS) is 14.5. The van der Waals surface area contributed by atoms with Gasteiger partial charge >= 0.3 is 0 Å². The van der Waals surface area contributed by atoms with Crippen LogP contribution in [0.25, 0.3) is 0 Å². The first-order valence-electron chi connectivity index (χ1n) is 9.61. The maximum absolute atomic E-state index is 12.6. The van der Waals surface area contributed by atoms with Gasteiger partial charge in [-0.3, -0.25) is 19.4 Å². The molecule has 1 aromatic carbocycles. The molecule has 2 aromatic rings. The third-order valence-electron chi connectivity index (χ3n) is 4.98. The van der Waals surface area contributed by atoms with Gasteiger partial charge in [-0.1, -0.05) is 29.8 Å². The largest absolute Gasteiger partial charge is 0.341 e. The topological polar surface area (TPSA) is 70.6 Å². The number of benzene rings is 1. The highest BCUT2D eigenvalue weighted by molar-refractivity contribution is 5.98. The number of pyridine rings is 1. The SMILES string of the molecule is Cc1ccc(C(=O)CCC(=O)N2CCCN(C(=O)c3cccnc3)CC2)cc1. The van der Waals surface area contributed by atoms with Crippen LogP contribution in [0.5, 0.6) is 0 Å². The van der Waals surface area contributed by atoms with Crippen molar-refractivity contribution in [2.75, 3.05) is 26.2 Å². The molecule has 0 atom stereocenters. The first-order valence-corrected chi connectivity index (χ1v) is 9.61. The Morgan fingerprint density at radius 1 is 0.893 bits per heavy atom. The smallest absolute Gasteiger partial charge is 0.255 e. The lowest BCUT2D eigenvalue weighted by atomic mass is 10.0. The first-order chi connectivity index (χ1) is 13.5. The van der Waals surface area contributed by atoms with E-state index in [0.717, 1.165) is 12.0 Å². The van der Waals surface area contributed by atoms with Gasteiger partial charge in [-0.15, -0.1) is 0 Å². The molecule has 2 amide bonds. The lowest BCUT2D eigenvalue weighted by Gasteiger charge is -2.22. The van der Waals surface area contributed by atoms with Gasteiger partial charge in [0.2, 0.25) is 5.91 Å². The molecule has 1 saturated heterocycles. The van der Waals surface area contributed by atoms with Crippen molar-refractivity contribution in [3.63, 3.8) is 0 Å². The predicted molar refractivity (Wildman–Crippen MR) is 106 cm³/mol. The van der Waals surface area contributed by atoms with Gasteiger partial charge in [0.1, 0.15) is 0 Å². The maximum Gasteiger partial charge on any atom is 0.255 e. The second-order valence-corrected chi connectivity index (χ2v) is 7.06. The summed E-state index contributed by atoms with van der Waals surface area (Å²) in [6, 6.07) is 10.9. The average Bonchev–Trinajstić information content (AvgIpc) is 2.99. The molecule has 1 fully saturated rings. The summed E-state index contributed by atoms with van der Waals surface area (Å²) in [5.41, 5.74) is 2.30. The number of nitrogens with zero attached hydrogens (tertiary/aromatic N) is 3. The van der Waals surface area contributed by atoms with Crippen molar-refractivity contribution in [2.24, 2.45) is 0 Å². The molecule has 0 radical (unpaired) electrons. The van der Waals surface area contributed by atoms with Gasteiger partial charge in [-0.25, -0.2) is 0 Å². The Hall–Kier alpha value is -3.02. The molecular formula is C22H25N3O3. The summed E-state index contributed by atoms with van der Waals surface area (Å²) < 4.78 is 0. The minimum Gasteiger partial charge on any atom is -0.341 e. The fourth-order valence-electron chi connectivity index (χ4n) is 3.30. The minimum atomic E-state index is -0.0584. The lowest BCUT2D eigenvalue weighted by Crippen LogP contribution is -2.37. The molecule has 1 aliphatic heterocycles. The fourth-order valence-corrected chi connectivity index (χ4v) is 3.30. The number of ketones is 1. The summed E-state index contributed by atoms with van der Waals surface area (Å²) in [5.74, 6) is -0.107. The highest BCUT2D eigenvalue weighted by Gasteiger charge is 2.23. The van der Waals surface area contributed by atoms with Gasteiger partial charge in [0, 0.05) is 57.0 Å². The summed E-state index contributed by atoms with van der Waals surface area (Å²) in [6.45, 7) is 4.17. The van der Waals surface area contributed by atoms with Crippen molar-refractivity contribution in [2.45, 2.75) is 26.2 Å². The van der Waals surface area contributed by atoms with Gasteiger partial charge in [-0.2, -0.15) is 0 Å². The molecule has 0 N–H and O–H groups in total. The quantitative estimate of drug-likeness (QED) is 0.749. The molecule has 0 unspecified atom stereocenters. The van der Waals surface area contributed by atoms with E-state index in [2.05, 4.69) is 4.98 Å². The minimum absolute atomic E-state index is 0.0171. The number of aryl methyl sites for hydroxylation is 1. The summed E-state index contributed by atoms with van der Waals surface area (Å²) in [4.78, 5) is 44.9. The second-order valence-electron chi connectivity index (χ2n) is 7.06. The molecule has 1 aromatic heterocycles. The molecule has 146 valence electrons. The van der Waals surface area contributed by atoms with Crippen LogP contribution in [-0.2, 0) is 4.79 Å². The monoisotopic (exact) mass is 379 g/mol. The Bertz CT molecular complexity index is 834. The Kier molecular flexibility index (Phi) is 6.53. The van der Waals surface area contributed by atoms with E-state index in [4.69, 9.17) is 0 Å². The van der Waals surface area contributed by atoms with Crippen molar-refractivity contribution in [1.29, 1.82) is 0 Å². The summed E-state index contributed by atoms with van der Waals surface area (Å²) in [6.07, 6.45) is 4.33. The predicted octanol–water partition coefficient (Wildman–Crippen LogP) is 2.73. The number of aromatic nitrogens is 1. The van der Waals surface area contributed by atoms with E-state index >= 15 is 0 Å². The summed E-state index contributed by atoms with van der Waals surface area (Å²) >= 11 is 0. The van der Waals surface area contributed by atoms with Gasteiger partial charge in [-0.05, 0) is 25.5 Å².